The lowest BCUT2D eigenvalue weighted by atomic mass is 10.3. The van der Waals surface area contributed by atoms with Crippen LogP contribution in [0.3, 0.4) is 0 Å². The second-order valence-electron chi connectivity index (χ2n) is 2.88. The summed E-state index contributed by atoms with van der Waals surface area (Å²) in [6.07, 6.45) is 1.98. The molecule has 1 N–H and O–H groups in total. The fourth-order valence-corrected chi connectivity index (χ4v) is 0.968. The molecule has 0 spiro atoms. The van der Waals surface area contributed by atoms with Crippen molar-refractivity contribution in [2.45, 2.75) is 13.5 Å². The van der Waals surface area contributed by atoms with Gasteiger partial charge in [0.25, 0.3) is 0 Å². The standard InChI is InChI=1S/C8H14N2/c1-7-4-5-9-8(7)6-10(2)3/h4-5,9H,6H2,1-3H3. The predicted octanol–water partition coefficient (Wildman–Crippen LogP) is 1.38. The molecule has 10 heavy (non-hydrogen) atoms. The topological polar surface area (TPSA) is 19.0 Å². The molecule has 0 unspecified atom stereocenters. The van der Waals surface area contributed by atoms with Gasteiger partial charge in [0.2, 0.25) is 0 Å². The molecular weight excluding hydrogens is 124 g/mol. The lowest BCUT2D eigenvalue weighted by Crippen LogP contribution is -2.11. The second-order valence-corrected chi connectivity index (χ2v) is 2.88. The summed E-state index contributed by atoms with van der Waals surface area (Å²) < 4.78 is 0. The van der Waals surface area contributed by atoms with Gasteiger partial charge in [-0.1, -0.05) is 0 Å². The van der Waals surface area contributed by atoms with E-state index in [2.05, 4.69) is 37.0 Å². The number of hydrogen-bond donors (Lipinski definition) is 1. The van der Waals surface area contributed by atoms with Gasteiger partial charge in [-0.2, -0.15) is 0 Å². The van der Waals surface area contributed by atoms with Crippen LogP contribution in [0.25, 0.3) is 0 Å². The zero-order valence-electron chi connectivity index (χ0n) is 6.81. The first-order valence-electron chi connectivity index (χ1n) is 3.47. The SMILES string of the molecule is Cc1cc[nH]c1CN(C)C. The van der Waals surface area contributed by atoms with Crippen LogP contribution >= 0.6 is 0 Å². The van der Waals surface area contributed by atoms with Crippen molar-refractivity contribution in [3.63, 3.8) is 0 Å². The molecule has 0 saturated carbocycles. The van der Waals surface area contributed by atoms with E-state index in [1.807, 2.05) is 6.20 Å². The van der Waals surface area contributed by atoms with Gasteiger partial charge in [0.05, 0.1) is 0 Å². The van der Waals surface area contributed by atoms with Crippen LogP contribution < -0.4 is 0 Å². The summed E-state index contributed by atoms with van der Waals surface area (Å²) in [5.41, 5.74) is 2.65. The first kappa shape index (κ1) is 7.35. The van der Waals surface area contributed by atoms with Crippen molar-refractivity contribution >= 4 is 0 Å². The first-order chi connectivity index (χ1) is 4.70. The highest BCUT2D eigenvalue weighted by atomic mass is 15.1. The monoisotopic (exact) mass is 138 g/mol. The molecule has 0 bridgehead atoms. The summed E-state index contributed by atoms with van der Waals surface area (Å²) in [5.74, 6) is 0. The first-order valence-corrected chi connectivity index (χ1v) is 3.47. The van der Waals surface area contributed by atoms with E-state index in [0.29, 0.717) is 0 Å². The van der Waals surface area contributed by atoms with E-state index in [1.54, 1.807) is 0 Å². The molecule has 0 aliphatic heterocycles. The van der Waals surface area contributed by atoms with E-state index in [-0.39, 0.29) is 0 Å². The van der Waals surface area contributed by atoms with Crippen LogP contribution in [0.1, 0.15) is 11.3 Å². The van der Waals surface area contributed by atoms with Crippen molar-refractivity contribution in [2.75, 3.05) is 14.1 Å². The Labute approximate surface area is 61.9 Å². The lowest BCUT2D eigenvalue weighted by molar-refractivity contribution is 0.397. The lowest BCUT2D eigenvalue weighted by Gasteiger charge is -2.07. The van der Waals surface area contributed by atoms with E-state index >= 15 is 0 Å². The number of aromatic nitrogens is 1. The summed E-state index contributed by atoms with van der Waals surface area (Å²) in [5, 5.41) is 0. The fourth-order valence-electron chi connectivity index (χ4n) is 0.968. The van der Waals surface area contributed by atoms with Gasteiger partial charge in [-0.25, -0.2) is 0 Å². The van der Waals surface area contributed by atoms with Crippen LogP contribution in [0, 0.1) is 6.92 Å². The van der Waals surface area contributed by atoms with E-state index in [4.69, 9.17) is 0 Å². The molecule has 2 heteroatoms. The molecule has 0 aromatic carbocycles. The number of nitrogens with zero attached hydrogens (tertiary/aromatic N) is 1. The van der Waals surface area contributed by atoms with E-state index in [0.717, 1.165) is 6.54 Å². The van der Waals surface area contributed by atoms with Crippen LogP contribution in [0.5, 0.6) is 0 Å². The maximum Gasteiger partial charge on any atom is 0.0381 e. The maximum atomic E-state index is 3.20. The third-order valence-corrected chi connectivity index (χ3v) is 1.54. The highest BCUT2D eigenvalue weighted by Crippen LogP contribution is 2.05. The number of rotatable bonds is 2. The smallest absolute Gasteiger partial charge is 0.0381 e. The Morgan fingerprint density at radius 1 is 1.50 bits per heavy atom. The molecule has 0 radical (unpaired) electrons. The minimum Gasteiger partial charge on any atom is -0.364 e. The molecule has 1 aromatic rings. The fraction of sp³-hybridized carbons (Fsp3) is 0.500. The van der Waals surface area contributed by atoms with Crippen molar-refractivity contribution in [1.82, 2.24) is 9.88 Å². The molecule has 0 atom stereocenters. The highest BCUT2D eigenvalue weighted by Gasteiger charge is 1.98. The van der Waals surface area contributed by atoms with Gasteiger partial charge in [0.1, 0.15) is 0 Å². The minimum absolute atomic E-state index is 0.999. The van der Waals surface area contributed by atoms with Gasteiger partial charge < -0.3 is 9.88 Å². The third kappa shape index (κ3) is 1.61. The van der Waals surface area contributed by atoms with Crippen LogP contribution in [0.4, 0.5) is 0 Å². The third-order valence-electron chi connectivity index (χ3n) is 1.54. The Bertz CT molecular complexity index is 201. The predicted molar refractivity (Wildman–Crippen MR) is 42.9 cm³/mol. The van der Waals surface area contributed by atoms with Crippen molar-refractivity contribution in [3.8, 4) is 0 Å². The van der Waals surface area contributed by atoms with Gasteiger partial charge in [0.15, 0.2) is 0 Å². The van der Waals surface area contributed by atoms with Crippen LogP contribution in [-0.2, 0) is 6.54 Å². The molecule has 0 aliphatic carbocycles. The highest BCUT2D eigenvalue weighted by molar-refractivity contribution is 5.17. The summed E-state index contributed by atoms with van der Waals surface area (Å²) >= 11 is 0. The number of H-pyrrole nitrogens is 1. The van der Waals surface area contributed by atoms with E-state index in [9.17, 15) is 0 Å². The Kier molecular flexibility index (Phi) is 2.12. The number of aromatic amines is 1. The molecule has 0 amide bonds. The number of hydrogen-bond acceptors (Lipinski definition) is 1. The minimum atomic E-state index is 0.999. The average molecular weight is 138 g/mol. The Balaban J connectivity index is 2.65. The molecular formula is C8H14N2. The summed E-state index contributed by atoms with van der Waals surface area (Å²) in [6.45, 7) is 3.12. The number of nitrogens with one attached hydrogen (secondary N) is 1. The molecule has 1 heterocycles. The molecule has 1 aromatic heterocycles. The summed E-state index contributed by atoms with van der Waals surface area (Å²) in [7, 11) is 4.14. The summed E-state index contributed by atoms with van der Waals surface area (Å²) in [6, 6.07) is 2.10. The largest absolute Gasteiger partial charge is 0.364 e. The van der Waals surface area contributed by atoms with Crippen LogP contribution in [0.2, 0.25) is 0 Å². The zero-order chi connectivity index (χ0) is 7.56. The van der Waals surface area contributed by atoms with E-state index in [1.165, 1.54) is 11.3 Å². The molecule has 2 nitrogen and oxygen atoms in total. The molecule has 0 aliphatic rings. The maximum absolute atomic E-state index is 3.20. The van der Waals surface area contributed by atoms with E-state index < -0.39 is 0 Å². The van der Waals surface area contributed by atoms with Gasteiger partial charge in [-0.3, -0.25) is 0 Å². The normalized spacial score (nSPS) is 10.8. The van der Waals surface area contributed by atoms with Crippen molar-refractivity contribution in [2.24, 2.45) is 0 Å². The van der Waals surface area contributed by atoms with Crippen molar-refractivity contribution < 1.29 is 0 Å². The second kappa shape index (κ2) is 2.88. The Morgan fingerprint density at radius 3 is 2.60 bits per heavy atom. The Morgan fingerprint density at radius 2 is 2.20 bits per heavy atom. The van der Waals surface area contributed by atoms with Gasteiger partial charge in [0, 0.05) is 18.4 Å². The molecule has 56 valence electrons. The van der Waals surface area contributed by atoms with Crippen molar-refractivity contribution in [1.29, 1.82) is 0 Å². The van der Waals surface area contributed by atoms with Gasteiger partial charge >= 0.3 is 0 Å². The quantitative estimate of drug-likeness (QED) is 0.654. The molecule has 1 rings (SSSR count). The Hall–Kier alpha value is -0.760. The van der Waals surface area contributed by atoms with Crippen molar-refractivity contribution in [3.05, 3.63) is 23.5 Å². The van der Waals surface area contributed by atoms with Crippen LogP contribution in [0.15, 0.2) is 12.3 Å². The van der Waals surface area contributed by atoms with Crippen LogP contribution in [-0.4, -0.2) is 24.0 Å². The summed E-state index contributed by atoms with van der Waals surface area (Å²) in [4.78, 5) is 5.35. The van der Waals surface area contributed by atoms with Gasteiger partial charge in [-0.15, -0.1) is 0 Å². The molecule has 0 saturated heterocycles. The zero-order valence-corrected chi connectivity index (χ0v) is 6.81. The van der Waals surface area contributed by atoms with Gasteiger partial charge in [-0.05, 0) is 32.6 Å². The average Bonchev–Trinajstić information content (AvgIpc) is 2.15. The number of aryl methyl sites for hydroxylation is 1. The molecule has 0 fully saturated rings.